The van der Waals surface area contributed by atoms with Gasteiger partial charge in [0.1, 0.15) is 22.9 Å². The minimum Gasteiger partial charge on any atom is -0.459 e. The molecule has 0 saturated carbocycles. The average molecular weight is 732 g/mol. The van der Waals surface area contributed by atoms with E-state index in [1.807, 2.05) is 27.7 Å². The monoisotopic (exact) mass is 730 g/mol. The van der Waals surface area contributed by atoms with Crippen molar-refractivity contribution >= 4 is 33.8 Å². The predicted molar refractivity (Wildman–Crippen MR) is 179 cm³/mol. The van der Waals surface area contributed by atoms with Gasteiger partial charge < -0.3 is 33.2 Å². The van der Waals surface area contributed by atoms with Gasteiger partial charge in [-0.1, -0.05) is 15.9 Å². The molecule has 0 radical (unpaired) electrons. The number of carbonyl (C=O) groups excluding carboxylic acids is 3. The van der Waals surface area contributed by atoms with E-state index in [0.29, 0.717) is 36.9 Å². The van der Waals surface area contributed by atoms with Gasteiger partial charge in [-0.2, -0.15) is 0 Å². The molecule has 0 N–H and O–H groups in total. The lowest BCUT2D eigenvalue weighted by molar-refractivity contribution is -0.302. The summed E-state index contributed by atoms with van der Waals surface area (Å²) in [6.45, 7) is 20.2. The number of rotatable bonds is 10. The van der Waals surface area contributed by atoms with Crippen molar-refractivity contribution in [2.24, 2.45) is 0 Å². The van der Waals surface area contributed by atoms with Crippen LogP contribution in [0.4, 0.5) is 0 Å². The van der Waals surface area contributed by atoms with Crippen molar-refractivity contribution in [1.82, 2.24) is 0 Å². The molecule has 4 aliphatic rings. The van der Waals surface area contributed by atoms with Crippen LogP contribution in [-0.2, 0) is 47.5 Å². The van der Waals surface area contributed by atoms with E-state index in [1.165, 1.54) is 20.8 Å². The van der Waals surface area contributed by atoms with E-state index < -0.39 is 40.4 Å². The Morgan fingerprint density at radius 1 is 0.766 bits per heavy atom. The van der Waals surface area contributed by atoms with E-state index in [4.69, 9.17) is 33.2 Å². The molecule has 10 atom stereocenters. The first-order valence-corrected chi connectivity index (χ1v) is 18.4. The molecule has 10 unspecified atom stereocenters. The first kappa shape index (κ1) is 38.5. The highest BCUT2D eigenvalue weighted by Gasteiger charge is 2.57. The van der Waals surface area contributed by atoms with Crippen LogP contribution in [-0.4, -0.2) is 86.9 Å². The Morgan fingerprint density at radius 3 is 1.98 bits per heavy atom. The predicted octanol–water partition coefficient (Wildman–Crippen LogP) is 6.90. The molecular weight excluding hydrogens is 672 g/mol. The largest absolute Gasteiger partial charge is 0.459 e. The van der Waals surface area contributed by atoms with Crippen LogP contribution < -0.4 is 0 Å². The Morgan fingerprint density at radius 2 is 1.38 bits per heavy atom. The first-order valence-electron chi connectivity index (χ1n) is 17.4. The lowest BCUT2D eigenvalue weighted by Gasteiger charge is -2.56. The molecule has 47 heavy (non-hydrogen) atoms. The lowest BCUT2D eigenvalue weighted by Crippen LogP contribution is -2.64. The van der Waals surface area contributed by atoms with Gasteiger partial charge in [-0.3, -0.25) is 14.4 Å². The molecule has 4 saturated heterocycles. The molecule has 4 heterocycles. The topological polar surface area (TPSA) is 116 Å². The van der Waals surface area contributed by atoms with Gasteiger partial charge in [-0.25, -0.2) is 0 Å². The first-order chi connectivity index (χ1) is 21.5. The van der Waals surface area contributed by atoms with Crippen LogP contribution in [0.5, 0.6) is 0 Å². The summed E-state index contributed by atoms with van der Waals surface area (Å²) in [5, 5.41) is 0. The van der Waals surface area contributed by atoms with Gasteiger partial charge in [0, 0.05) is 25.6 Å². The van der Waals surface area contributed by atoms with E-state index >= 15 is 0 Å². The van der Waals surface area contributed by atoms with E-state index in [0.717, 1.165) is 32.1 Å². The number of hydrogen-bond donors (Lipinski definition) is 0. The Kier molecular flexibility index (Phi) is 11.3. The highest BCUT2D eigenvalue weighted by molar-refractivity contribution is 9.09. The van der Waals surface area contributed by atoms with Crippen molar-refractivity contribution in [2.45, 2.75) is 209 Å². The molecule has 0 aromatic rings. The van der Waals surface area contributed by atoms with E-state index in [-0.39, 0.29) is 41.6 Å². The van der Waals surface area contributed by atoms with Gasteiger partial charge in [0.25, 0.3) is 0 Å². The Bertz CT molecular complexity index is 1170. The van der Waals surface area contributed by atoms with E-state index in [9.17, 15) is 14.4 Å². The SMILES string of the molecule is CC(=O)OC(CCC(C)(OC(C)=O)C1CCC2OC(C3(C)CCC(Br)C(C)(C)O3)CCC2(C)O1)C1(C)CCC(C(C)(C)OC(C)=O)O1. The van der Waals surface area contributed by atoms with Gasteiger partial charge in [-0.05, 0) is 120 Å². The fourth-order valence-electron chi connectivity index (χ4n) is 8.50. The standard InChI is InChI=1S/C36H59BrO10/c1-22(38)41-28(34(9)19-15-26(45-34)32(6,7)43-23(2)39)16-21-35(10,44-24(3)40)30-13-12-27-33(8,46-30)20-17-29(42-27)36(11)18-14-25(37)31(4,5)47-36/h25-30H,12-21H2,1-11H3. The molecule has 0 aromatic heterocycles. The van der Waals surface area contributed by atoms with Crippen LogP contribution in [0.3, 0.4) is 0 Å². The van der Waals surface area contributed by atoms with Crippen molar-refractivity contribution < 1.29 is 47.5 Å². The molecule has 0 spiro atoms. The number of halogens is 1. The molecule has 4 rings (SSSR count). The number of alkyl halides is 1. The van der Waals surface area contributed by atoms with Crippen LogP contribution in [0.25, 0.3) is 0 Å². The number of esters is 3. The second kappa shape index (κ2) is 13.8. The molecule has 0 aromatic carbocycles. The van der Waals surface area contributed by atoms with Crippen LogP contribution in [0, 0.1) is 0 Å². The maximum atomic E-state index is 12.5. The summed E-state index contributed by atoms with van der Waals surface area (Å²) < 4.78 is 44.4. The maximum absolute atomic E-state index is 12.5. The second-order valence-electron chi connectivity index (χ2n) is 16.4. The third-order valence-corrected chi connectivity index (χ3v) is 12.8. The minimum absolute atomic E-state index is 0.0360. The van der Waals surface area contributed by atoms with Gasteiger partial charge in [0.15, 0.2) is 0 Å². The minimum atomic E-state index is -0.978. The normalized spacial score (nSPS) is 39.2. The number of ether oxygens (including phenoxy) is 7. The van der Waals surface area contributed by atoms with Crippen LogP contribution in [0.1, 0.15) is 140 Å². The summed E-state index contributed by atoms with van der Waals surface area (Å²) in [5.74, 6) is -1.19. The number of hydrogen-bond acceptors (Lipinski definition) is 10. The summed E-state index contributed by atoms with van der Waals surface area (Å²) in [6.07, 6.45) is 5.48. The third-order valence-electron chi connectivity index (χ3n) is 11.3. The summed E-state index contributed by atoms with van der Waals surface area (Å²) in [7, 11) is 0. The highest BCUT2D eigenvalue weighted by Crippen LogP contribution is 2.50. The van der Waals surface area contributed by atoms with E-state index in [2.05, 4.69) is 43.6 Å². The molecule has 0 bridgehead atoms. The zero-order valence-electron chi connectivity index (χ0n) is 30.5. The van der Waals surface area contributed by atoms with Crippen molar-refractivity contribution in [2.75, 3.05) is 0 Å². The van der Waals surface area contributed by atoms with Crippen molar-refractivity contribution in [3.05, 3.63) is 0 Å². The van der Waals surface area contributed by atoms with Gasteiger partial charge >= 0.3 is 17.9 Å². The molecule has 4 fully saturated rings. The van der Waals surface area contributed by atoms with Crippen LogP contribution in [0.2, 0.25) is 0 Å². The summed E-state index contributed by atoms with van der Waals surface area (Å²) in [6, 6.07) is 0. The Hall–Kier alpha value is -1.27. The Balaban J connectivity index is 1.47. The van der Waals surface area contributed by atoms with Crippen molar-refractivity contribution in [3.8, 4) is 0 Å². The Labute approximate surface area is 290 Å². The summed E-state index contributed by atoms with van der Waals surface area (Å²) >= 11 is 3.80. The van der Waals surface area contributed by atoms with Crippen LogP contribution in [0.15, 0.2) is 0 Å². The number of fused-ring (bicyclic) bond motifs is 1. The summed E-state index contributed by atoms with van der Waals surface area (Å²) in [5.41, 5.74) is -3.86. The molecule has 0 aliphatic carbocycles. The zero-order chi connectivity index (χ0) is 35.2. The molecule has 270 valence electrons. The fraction of sp³-hybridized carbons (Fsp3) is 0.917. The van der Waals surface area contributed by atoms with Crippen molar-refractivity contribution in [3.63, 3.8) is 0 Å². The zero-order valence-corrected chi connectivity index (χ0v) is 32.1. The fourth-order valence-corrected chi connectivity index (χ4v) is 8.82. The molecule has 11 heteroatoms. The van der Waals surface area contributed by atoms with Crippen LogP contribution >= 0.6 is 15.9 Å². The van der Waals surface area contributed by atoms with Gasteiger partial charge in [0.2, 0.25) is 0 Å². The van der Waals surface area contributed by atoms with Gasteiger partial charge in [-0.15, -0.1) is 0 Å². The second-order valence-corrected chi connectivity index (χ2v) is 17.5. The van der Waals surface area contributed by atoms with E-state index in [1.54, 1.807) is 0 Å². The third kappa shape index (κ3) is 8.55. The quantitative estimate of drug-likeness (QED) is 0.134. The molecule has 4 aliphatic heterocycles. The lowest BCUT2D eigenvalue weighted by atomic mass is 9.75. The molecule has 0 amide bonds. The average Bonchev–Trinajstić information content (AvgIpc) is 3.35. The smallest absolute Gasteiger partial charge is 0.303 e. The number of carbonyl (C=O) groups is 3. The van der Waals surface area contributed by atoms with Gasteiger partial charge in [0.05, 0.1) is 41.2 Å². The maximum Gasteiger partial charge on any atom is 0.303 e. The molecular formula is C36H59BrO10. The highest BCUT2D eigenvalue weighted by atomic mass is 79.9. The van der Waals surface area contributed by atoms with Crippen molar-refractivity contribution in [1.29, 1.82) is 0 Å². The summed E-state index contributed by atoms with van der Waals surface area (Å²) in [4.78, 5) is 36.9. The molecule has 10 nitrogen and oxygen atoms in total.